The van der Waals surface area contributed by atoms with E-state index in [0.717, 1.165) is 11.8 Å². The van der Waals surface area contributed by atoms with Gasteiger partial charge in [-0.05, 0) is 6.92 Å². The molecule has 0 aliphatic carbocycles. The SMILES string of the molecule is COCCn1c(S[C@@H](C)C(=O)OC)nc2c1c(=O)[nH]c(=O)n2C. The third-order valence-corrected chi connectivity index (χ3v) is 4.37. The van der Waals surface area contributed by atoms with E-state index in [2.05, 4.69) is 9.97 Å². The van der Waals surface area contributed by atoms with Gasteiger partial charge in [0.25, 0.3) is 5.56 Å². The Labute approximate surface area is 135 Å². The summed E-state index contributed by atoms with van der Waals surface area (Å²) in [4.78, 5) is 42.1. The van der Waals surface area contributed by atoms with Crippen LogP contribution in [-0.2, 0) is 27.9 Å². The van der Waals surface area contributed by atoms with Gasteiger partial charge in [-0.2, -0.15) is 0 Å². The van der Waals surface area contributed by atoms with E-state index in [9.17, 15) is 14.4 Å². The number of hydrogen-bond donors (Lipinski definition) is 1. The molecule has 0 aliphatic heterocycles. The predicted molar refractivity (Wildman–Crippen MR) is 84.8 cm³/mol. The number of carbonyl (C=O) groups excluding carboxylic acids is 1. The Bertz CT molecular complexity index is 837. The maximum absolute atomic E-state index is 12.2. The average Bonchev–Trinajstić information content (AvgIpc) is 2.88. The van der Waals surface area contributed by atoms with Gasteiger partial charge in [0, 0.05) is 20.7 Å². The van der Waals surface area contributed by atoms with Crippen LogP contribution in [0.25, 0.3) is 11.2 Å². The number of carbonyl (C=O) groups is 1. The molecule has 0 aliphatic rings. The highest BCUT2D eigenvalue weighted by Crippen LogP contribution is 2.25. The van der Waals surface area contributed by atoms with E-state index in [-0.39, 0.29) is 11.2 Å². The molecule has 0 aromatic carbocycles. The molecule has 0 fully saturated rings. The first kappa shape index (κ1) is 17.3. The van der Waals surface area contributed by atoms with Gasteiger partial charge in [0.15, 0.2) is 16.3 Å². The first-order valence-electron chi connectivity index (χ1n) is 6.83. The average molecular weight is 342 g/mol. The number of nitrogens with zero attached hydrogens (tertiary/aromatic N) is 3. The van der Waals surface area contributed by atoms with Crippen LogP contribution in [0.15, 0.2) is 14.7 Å². The molecule has 0 radical (unpaired) electrons. The Kier molecular flexibility index (Phi) is 5.26. The van der Waals surface area contributed by atoms with Crippen molar-refractivity contribution in [3.05, 3.63) is 20.8 Å². The van der Waals surface area contributed by atoms with Gasteiger partial charge >= 0.3 is 11.7 Å². The molecule has 9 nitrogen and oxygen atoms in total. The van der Waals surface area contributed by atoms with Crippen LogP contribution in [0.4, 0.5) is 0 Å². The molecule has 0 saturated heterocycles. The summed E-state index contributed by atoms with van der Waals surface area (Å²) in [6.45, 7) is 2.40. The molecule has 0 spiro atoms. The van der Waals surface area contributed by atoms with Crippen LogP contribution in [-0.4, -0.2) is 51.1 Å². The molecular formula is C13H18N4O5S. The number of imidazole rings is 1. The molecule has 10 heteroatoms. The second-order valence-electron chi connectivity index (χ2n) is 4.81. The molecule has 2 aromatic rings. The number of aromatic amines is 1. The highest BCUT2D eigenvalue weighted by atomic mass is 32.2. The van der Waals surface area contributed by atoms with Crippen LogP contribution >= 0.6 is 11.8 Å². The standard InChI is InChI=1S/C13H18N4O5S/c1-7(11(19)22-4)23-13-14-9-8(17(13)5-6-21-3)10(18)15-12(20)16(9)2/h7H,5-6H2,1-4H3,(H,15,18,20)/t7-/m0/s1. The molecule has 2 heterocycles. The fourth-order valence-corrected chi connectivity index (χ4v) is 3.02. The minimum Gasteiger partial charge on any atom is -0.468 e. The summed E-state index contributed by atoms with van der Waals surface area (Å²) in [6.07, 6.45) is 0. The molecule has 0 unspecified atom stereocenters. The zero-order chi connectivity index (χ0) is 17.1. The van der Waals surface area contributed by atoms with E-state index in [1.165, 1.54) is 18.7 Å². The minimum atomic E-state index is -0.545. The van der Waals surface area contributed by atoms with Crippen molar-refractivity contribution in [2.24, 2.45) is 7.05 Å². The zero-order valence-electron chi connectivity index (χ0n) is 13.3. The normalized spacial score (nSPS) is 12.5. The molecule has 126 valence electrons. The summed E-state index contributed by atoms with van der Waals surface area (Å²) in [5.41, 5.74) is -0.543. The van der Waals surface area contributed by atoms with E-state index >= 15 is 0 Å². The largest absolute Gasteiger partial charge is 0.468 e. The lowest BCUT2D eigenvalue weighted by Gasteiger charge is -2.10. The zero-order valence-corrected chi connectivity index (χ0v) is 14.1. The lowest BCUT2D eigenvalue weighted by molar-refractivity contribution is -0.139. The molecular weight excluding hydrogens is 324 g/mol. The topological polar surface area (TPSA) is 108 Å². The van der Waals surface area contributed by atoms with E-state index in [1.807, 2.05) is 0 Å². The summed E-state index contributed by atoms with van der Waals surface area (Å²) >= 11 is 1.16. The fourth-order valence-electron chi connectivity index (χ4n) is 2.07. The molecule has 1 N–H and O–H groups in total. The van der Waals surface area contributed by atoms with Crippen LogP contribution in [0, 0.1) is 0 Å². The van der Waals surface area contributed by atoms with Gasteiger partial charge in [0.2, 0.25) is 0 Å². The van der Waals surface area contributed by atoms with Gasteiger partial charge in [-0.1, -0.05) is 11.8 Å². The van der Waals surface area contributed by atoms with Crippen molar-refractivity contribution >= 4 is 28.9 Å². The van der Waals surface area contributed by atoms with E-state index in [0.29, 0.717) is 18.3 Å². The number of aromatic nitrogens is 4. The quantitative estimate of drug-likeness (QED) is 0.568. The lowest BCUT2D eigenvalue weighted by Crippen LogP contribution is -2.29. The number of methoxy groups -OCH3 is 2. The Balaban J connectivity index is 2.61. The number of thioether (sulfide) groups is 1. The van der Waals surface area contributed by atoms with Crippen LogP contribution in [0.2, 0.25) is 0 Å². The highest BCUT2D eigenvalue weighted by Gasteiger charge is 2.22. The van der Waals surface area contributed by atoms with Gasteiger partial charge in [-0.15, -0.1) is 0 Å². The van der Waals surface area contributed by atoms with Crippen molar-refractivity contribution in [3.63, 3.8) is 0 Å². The molecule has 0 bridgehead atoms. The summed E-state index contributed by atoms with van der Waals surface area (Å²) in [6, 6.07) is 0. The predicted octanol–water partition coefficient (Wildman–Crippen LogP) is -0.277. The number of nitrogens with one attached hydrogen (secondary N) is 1. The minimum absolute atomic E-state index is 0.259. The number of ether oxygens (including phenoxy) is 2. The van der Waals surface area contributed by atoms with Crippen molar-refractivity contribution in [2.75, 3.05) is 20.8 Å². The lowest BCUT2D eigenvalue weighted by atomic mass is 10.5. The fraction of sp³-hybridized carbons (Fsp3) is 0.538. The summed E-state index contributed by atoms with van der Waals surface area (Å²) in [7, 11) is 4.37. The molecule has 2 aromatic heterocycles. The van der Waals surface area contributed by atoms with E-state index < -0.39 is 22.5 Å². The second kappa shape index (κ2) is 7.01. The monoisotopic (exact) mass is 342 g/mol. The van der Waals surface area contributed by atoms with Crippen LogP contribution in [0.5, 0.6) is 0 Å². The summed E-state index contributed by atoms with van der Waals surface area (Å²) in [5, 5.41) is -0.0594. The Morgan fingerprint density at radius 2 is 2.09 bits per heavy atom. The highest BCUT2D eigenvalue weighted by molar-refractivity contribution is 8.00. The Morgan fingerprint density at radius 3 is 2.70 bits per heavy atom. The van der Waals surface area contributed by atoms with Crippen molar-refractivity contribution in [1.82, 2.24) is 19.1 Å². The maximum atomic E-state index is 12.2. The van der Waals surface area contributed by atoms with Crippen molar-refractivity contribution < 1.29 is 14.3 Å². The first-order chi connectivity index (χ1) is 10.9. The van der Waals surface area contributed by atoms with Crippen molar-refractivity contribution in [3.8, 4) is 0 Å². The smallest absolute Gasteiger partial charge is 0.329 e. The first-order valence-corrected chi connectivity index (χ1v) is 7.71. The van der Waals surface area contributed by atoms with Crippen molar-refractivity contribution in [1.29, 1.82) is 0 Å². The Hall–Kier alpha value is -2.07. The molecule has 2 rings (SSSR count). The van der Waals surface area contributed by atoms with Gasteiger partial charge < -0.3 is 14.0 Å². The van der Waals surface area contributed by atoms with Gasteiger partial charge in [0.1, 0.15) is 5.25 Å². The maximum Gasteiger partial charge on any atom is 0.329 e. The van der Waals surface area contributed by atoms with Gasteiger partial charge in [-0.25, -0.2) is 9.78 Å². The van der Waals surface area contributed by atoms with E-state index in [4.69, 9.17) is 9.47 Å². The van der Waals surface area contributed by atoms with Crippen LogP contribution in [0.1, 0.15) is 6.92 Å². The Morgan fingerprint density at radius 1 is 1.39 bits per heavy atom. The third-order valence-electron chi connectivity index (χ3n) is 3.31. The van der Waals surface area contributed by atoms with E-state index in [1.54, 1.807) is 18.6 Å². The number of esters is 1. The van der Waals surface area contributed by atoms with Crippen molar-refractivity contribution in [2.45, 2.75) is 23.9 Å². The number of fused-ring (bicyclic) bond motifs is 1. The third kappa shape index (κ3) is 3.32. The number of H-pyrrole nitrogens is 1. The number of hydrogen-bond acceptors (Lipinski definition) is 7. The molecule has 1 atom stereocenters. The van der Waals surface area contributed by atoms with Crippen LogP contribution in [0.3, 0.4) is 0 Å². The number of rotatable bonds is 6. The number of aryl methyl sites for hydroxylation is 1. The van der Waals surface area contributed by atoms with Gasteiger partial charge in [0.05, 0.1) is 13.7 Å². The van der Waals surface area contributed by atoms with Gasteiger partial charge in [-0.3, -0.25) is 19.1 Å². The molecule has 23 heavy (non-hydrogen) atoms. The van der Waals surface area contributed by atoms with Crippen LogP contribution < -0.4 is 11.2 Å². The summed E-state index contributed by atoms with van der Waals surface area (Å²) in [5.74, 6) is -0.400. The molecule has 0 saturated carbocycles. The molecule has 0 amide bonds. The summed E-state index contributed by atoms with van der Waals surface area (Å²) < 4.78 is 12.7. The second-order valence-corrected chi connectivity index (χ2v) is 6.12.